The molecule has 0 saturated heterocycles. The van der Waals surface area contributed by atoms with Gasteiger partial charge in [-0.2, -0.15) is 15.0 Å². The molecule has 2 aromatic rings. The summed E-state index contributed by atoms with van der Waals surface area (Å²) in [6.45, 7) is 0.168. The molecule has 2 rings (SSSR count). The van der Waals surface area contributed by atoms with E-state index in [1.165, 1.54) is 19.4 Å². The summed E-state index contributed by atoms with van der Waals surface area (Å²) in [5.74, 6) is 1.20. The van der Waals surface area contributed by atoms with E-state index in [1.54, 1.807) is 23.1 Å². The van der Waals surface area contributed by atoms with Gasteiger partial charge in [-0.15, -0.1) is 0 Å². The van der Waals surface area contributed by atoms with Gasteiger partial charge >= 0.3 is 6.01 Å². The first kappa shape index (κ1) is 15.5. The molecule has 0 atom stereocenters. The lowest BCUT2D eigenvalue weighted by atomic mass is 10.4. The first-order chi connectivity index (χ1) is 10.6. The highest BCUT2D eigenvalue weighted by molar-refractivity contribution is 5.91. The van der Waals surface area contributed by atoms with Gasteiger partial charge in [0, 0.05) is 20.2 Å². The summed E-state index contributed by atoms with van der Waals surface area (Å²) in [5.41, 5.74) is 0. The molecule has 8 heteroatoms. The third-order valence-corrected chi connectivity index (χ3v) is 2.59. The lowest BCUT2D eigenvalue weighted by Crippen LogP contribution is -2.23. The van der Waals surface area contributed by atoms with Crippen LogP contribution in [0.1, 0.15) is 11.6 Å². The van der Waals surface area contributed by atoms with Gasteiger partial charge in [-0.25, -0.2) is 0 Å². The second kappa shape index (κ2) is 7.21. The molecule has 0 radical (unpaired) electrons. The van der Waals surface area contributed by atoms with Crippen LogP contribution >= 0.6 is 0 Å². The number of carbonyl (C=O) groups is 1. The Morgan fingerprint density at radius 2 is 2.23 bits per heavy atom. The zero-order chi connectivity index (χ0) is 15.9. The van der Waals surface area contributed by atoms with Crippen molar-refractivity contribution >= 4 is 17.9 Å². The van der Waals surface area contributed by atoms with Gasteiger partial charge < -0.3 is 19.4 Å². The predicted molar refractivity (Wildman–Crippen MR) is 80.3 cm³/mol. The van der Waals surface area contributed by atoms with E-state index in [0.717, 1.165) is 0 Å². The molecule has 1 amide bonds. The Labute approximate surface area is 127 Å². The fraction of sp³-hybridized carbons (Fsp3) is 0.286. The van der Waals surface area contributed by atoms with Crippen LogP contribution in [0.15, 0.2) is 28.9 Å². The van der Waals surface area contributed by atoms with Crippen LogP contribution in [0.4, 0.5) is 5.95 Å². The Kier molecular flexibility index (Phi) is 5.07. The molecule has 0 aromatic carbocycles. The Hall–Kier alpha value is -2.90. The van der Waals surface area contributed by atoms with Gasteiger partial charge in [0.1, 0.15) is 5.76 Å². The van der Waals surface area contributed by atoms with Gasteiger partial charge in [0.25, 0.3) is 0 Å². The molecule has 0 unspecified atom stereocenters. The second-order valence-electron chi connectivity index (χ2n) is 4.50. The lowest BCUT2D eigenvalue weighted by molar-refractivity contribution is -0.116. The number of hydrogen-bond acceptors (Lipinski definition) is 7. The minimum Gasteiger partial charge on any atom is -0.467 e. The molecule has 0 aliphatic rings. The van der Waals surface area contributed by atoms with Crippen LogP contribution in [0.5, 0.6) is 6.01 Å². The minimum absolute atomic E-state index is 0.168. The highest BCUT2D eigenvalue weighted by Crippen LogP contribution is 2.09. The molecule has 0 bridgehead atoms. The summed E-state index contributed by atoms with van der Waals surface area (Å²) in [6.07, 6.45) is 4.50. The fourth-order valence-electron chi connectivity index (χ4n) is 1.53. The number of nitrogens with zero attached hydrogens (tertiary/aromatic N) is 4. The van der Waals surface area contributed by atoms with Crippen LogP contribution in [0.25, 0.3) is 6.08 Å². The fourth-order valence-corrected chi connectivity index (χ4v) is 1.53. The van der Waals surface area contributed by atoms with Crippen LogP contribution in [-0.2, 0) is 11.3 Å². The topological polar surface area (TPSA) is 93.4 Å². The van der Waals surface area contributed by atoms with Gasteiger partial charge in [-0.3, -0.25) is 4.79 Å². The highest BCUT2D eigenvalue weighted by Gasteiger charge is 2.09. The molecule has 2 heterocycles. The van der Waals surface area contributed by atoms with Crippen molar-refractivity contribution in [3.05, 3.63) is 36.1 Å². The summed E-state index contributed by atoms with van der Waals surface area (Å²) < 4.78 is 10.1. The Balaban J connectivity index is 1.98. The number of hydrogen-bond donors (Lipinski definition) is 1. The minimum atomic E-state index is -0.276. The largest absolute Gasteiger partial charge is 0.467 e. The van der Waals surface area contributed by atoms with Crippen molar-refractivity contribution in [3.63, 3.8) is 0 Å². The van der Waals surface area contributed by atoms with Crippen molar-refractivity contribution in [1.82, 2.24) is 20.3 Å². The molecule has 2 aromatic heterocycles. The van der Waals surface area contributed by atoms with E-state index in [2.05, 4.69) is 20.3 Å². The van der Waals surface area contributed by atoms with E-state index < -0.39 is 0 Å². The molecule has 1 N–H and O–H groups in total. The summed E-state index contributed by atoms with van der Waals surface area (Å²) in [7, 11) is 5.09. The molecule has 0 aliphatic heterocycles. The van der Waals surface area contributed by atoms with Crippen molar-refractivity contribution in [1.29, 1.82) is 0 Å². The maximum Gasteiger partial charge on any atom is 0.321 e. The van der Waals surface area contributed by atoms with Gasteiger partial charge in [-0.05, 0) is 18.2 Å². The Bertz CT molecular complexity index is 653. The van der Waals surface area contributed by atoms with E-state index >= 15 is 0 Å². The number of ether oxygens (including phenoxy) is 1. The third-order valence-electron chi connectivity index (χ3n) is 2.59. The maximum absolute atomic E-state index is 11.7. The van der Waals surface area contributed by atoms with E-state index in [-0.39, 0.29) is 18.5 Å². The molecule has 0 aliphatic carbocycles. The number of aromatic nitrogens is 3. The number of anilines is 1. The monoisotopic (exact) mass is 303 g/mol. The molecule has 8 nitrogen and oxygen atoms in total. The summed E-state index contributed by atoms with van der Waals surface area (Å²) in [4.78, 5) is 25.9. The summed E-state index contributed by atoms with van der Waals surface area (Å²) >= 11 is 0. The molecule has 116 valence electrons. The number of carbonyl (C=O) groups excluding carboxylic acids is 1. The van der Waals surface area contributed by atoms with Crippen molar-refractivity contribution in [3.8, 4) is 6.01 Å². The van der Waals surface area contributed by atoms with Crippen molar-refractivity contribution in [2.75, 3.05) is 26.1 Å². The van der Waals surface area contributed by atoms with E-state index in [4.69, 9.17) is 9.15 Å². The number of amides is 1. The number of rotatable bonds is 6. The third kappa shape index (κ3) is 4.30. The zero-order valence-electron chi connectivity index (χ0n) is 12.6. The Morgan fingerprint density at radius 3 is 2.86 bits per heavy atom. The van der Waals surface area contributed by atoms with Crippen molar-refractivity contribution in [2.24, 2.45) is 0 Å². The quantitative estimate of drug-likeness (QED) is 0.791. The molecule has 22 heavy (non-hydrogen) atoms. The van der Waals surface area contributed by atoms with Gasteiger partial charge in [0.15, 0.2) is 5.82 Å². The van der Waals surface area contributed by atoms with Crippen molar-refractivity contribution < 1.29 is 13.9 Å². The number of methoxy groups -OCH3 is 1. The first-order valence-corrected chi connectivity index (χ1v) is 6.54. The molecular weight excluding hydrogens is 286 g/mol. The average molecular weight is 303 g/mol. The predicted octanol–water partition coefficient (Wildman–Crippen LogP) is 0.869. The standard InChI is InChI=1S/C14H17N5O3/c1-19(2)13-16-11(17-14(18-13)21-3)9-15-12(20)7-6-10-5-4-8-22-10/h4-8H,9H2,1-3H3,(H,15,20). The molecular formula is C14H17N5O3. The van der Waals surface area contributed by atoms with Crippen LogP contribution in [0, 0.1) is 0 Å². The van der Waals surface area contributed by atoms with Crippen LogP contribution < -0.4 is 15.0 Å². The SMILES string of the molecule is COc1nc(CNC(=O)C=Cc2ccco2)nc(N(C)C)n1. The normalized spacial score (nSPS) is 10.7. The maximum atomic E-state index is 11.7. The van der Waals surface area contributed by atoms with Gasteiger partial charge in [0.05, 0.1) is 19.9 Å². The zero-order valence-corrected chi connectivity index (χ0v) is 12.6. The highest BCUT2D eigenvalue weighted by atomic mass is 16.5. The summed E-state index contributed by atoms with van der Waals surface area (Å²) in [6, 6.07) is 3.70. The molecule has 0 saturated carbocycles. The Morgan fingerprint density at radius 1 is 1.41 bits per heavy atom. The van der Waals surface area contributed by atoms with E-state index in [0.29, 0.717) is 17.5 Å². The number of nitrogens with one attached hydrogen (secondary N) is 1. The first-order valence-electron chi connectivity index (χ1n) is 6.54. The van der Waals surface area contributed by atoms with Crippen LogP contribution in [0.2, 0.25) is 0 Å². The average Bonchev–Trinajstić information content (AvgIpc) is 3.04. The second-order valence-corrected chi connectivity index (χ2v) is 4.50. The van der Waals surface area contributed by atoms with E-state index in [1.807, 2.05) is 14.1 Å². The van der Waals surface area contributed by atoms with Gasteiger partial charge in [0.2, 0.25) is 11.9 Å². The molecule has 0 spiro atoms. The smallest absolute Gasteiger partial charge is 0.321 e. The lowest BCUT2D eigenvalue weighted by Gasteiger charge is -2.12. The summed E-state index contributed by atoms with van der Waals surface area (Å²) in [5, 5.41) is 2.68. The molecule has 0 fully saturated rings. The van der Waals surface area contributed by atoms with Gasteiger partial charge in [-0.1, -0.05) is 0 Å². The van der Waals surface area contributed by atoms with E-state index in [9.17, 15) is 4.79 Å². The van der Waals surface area contributed by atoms with Crippen LogP contribution in [0.3, 0.4) is 0 Å². The van der Waals surface area contributed by atoms with Crippen molar-refractivity contribution in [2.45, 2.75) is 6.54 Å². The van der Waals surface area contributed by atoms with Crippen LogP contribution in [-0.4, -0.2) is 42.1 Å². The number of furan rings is 1.